The second-order valence-electron chi connectivity index (χ2n) is 5.63. The maximum Gasteiger partial charge on any atom is 0.00978 e. The van der Waals surface area contributed by atoms with Crippen molar-refractivity contribution in [3.05, 3.63) is 0 Å². The van der Waals surface area contributed by atoms with E-state index in [1.54, 1.807) is 0 Å². The van der Waals surface area contributed by atoms with E-state index in [2.05, 4.69) is 11.8 Å². The SMILES string of the molecule is CC1CCC(N2CCC(CCN)CC2)C1. The molecule has 0 aromatic heterocycles. The molecule has 1 heterocycles. The fourth-order valence-corrected chi connectivity index (χ4v) is 3.35. The van der Waals surface area contributed by atoms with Gasteiger partial charge in [-0.05, 0) is 70.0 Å². The fourth-order valence-electron chi connectivity index (χ4n) is 3.35. The largest absolute Gasteiger partial charge is 0.330 e. The van der Waals surface area contributed by atoms with Crippen LogP contribution in [0.5, 0.6) is 0 Å². The molecule has 2 atom stereocenters. The van der Waals surface area contributed by atoms with E-state index in [4.69, 9.17) is 5.73 Å². The van der Waals surface area contributed by atoms with Crippen LogP contribution in [0, 0.1) is 11.8 Å². The van der Waals surface area contributed by atoms with Gasteiger partial charge in [0.2, 0.25) is 0 Å². The summed E-state index contributed by atoms with van der Waals surface area (Å²) in [5.74, 6) is 1.89. The lowest BCUT2D eigenvalue weighted by molar-refractivity contribution is 0.130. The first-order chi connectivity index (χ1) is 7.29. The predicted molar refractivity (Wildman–Crippen MR) is 64.8 cm³/mol. The zero-order valence-corrected chi connectivity index (χ0v) is 10.1. The molecule has 0 spiro atoms. The molecular weight excluding hydrogens is 184 g/mol. The Labute approximate surface area is 94.2 Å². The van der Waals surface area contributed by atoms with E-state index in [1.165, 1.54) is 51.6 Å². The van der Waals surface area contributed by atoms with Gasteiger partial charge in [-0.15, -0.1) is 0 Å². The van der Waals surface area contributed by atoms with Crippen molar-refractivity contribution < 1.29 is 0 Å². The van der Waals surface area contributed by atoms with Crippen LogP contribution in [-0.2, 0) is 0 Å². The molecule has 1 saturated heterocycles. The summed E-state index contributed by atoms with van der Waals surface area (Å²) in [6, 6.07) is 0.916. The van der Waals surface area contributed by atoms with Crippen molar-refractivity contribution in [1.82, 2.24) is 4.90 Å². The molecule has 2 nitrogen and oxygen atoms in total. The molecule has 1 aliphatic heterocycles. The standard InChI is InChI=1S/C13H26N2/c1-11-2-3-13(10-11)15-8-5-12(4-7-14)6-9-15/h11-13H,2-10,14H2,1H3. The minimum Gasteiger partial charge on any atom is -0.330 e. The predicted octanol–water partition coefficient (Wildman–Crippen LogP) is 2.24. The maximum absolute atomic E-state index is 5.62. The lowest BCUT2D eigenvalue weighted by Crippen LogP contribution is -2.40. The number of nitrogens with two attached hydrogens (primary N) is 1. The topological polar surface area (TPSA) is 29.3 Å². The second-order valence-corrected chi connectivity index (χ2v) is 5.63. The highest BCUT2D eigenvalue weighted by atomic mass is 15.2. The lowest BCUT2D eigenvalue weighted by atomic mass is 9.92. The Bertz CT molecular complexity index is 185. The van der Waals surface area contributed by atoms with Crippen molar-refractivity contribution in [3.8, 4) is 0 Å². The van der Waals surface area contributed by atoms with Gasteiger partial charge in [0.05, 0.1) is 0 Å². The Kier molecular flexibility index (Phi) is 4.04. The van der Waals surface area contributed by atoms with Crippen molar-refractivity contribution >= 4 is 0 Å². The molecule has 2 unspecified atom stereocenters. The number of likely N-dealkylation sites (tertiary alicyclic amines) is 1. The van der Waals surface area contributed by atoms with Crippen molar-refractivity contribution in [2.75, 3.05) is 19.6 Å². The molecule has 2 rings (SSSR count). The fraction of sp³-hybridized carbons (Fsp3) is 1.00. The molecule has 2 heteroatoms. The summed E-state index contributed by atoms with van der Waals surface area (Å²) >= 11 is 0. The molecular formula is C13H26N2. The van der Waals surface area contributed by atoms with E-state index in [-0.39, 0.29) is 0 Å². The average Bonchev–Trinajstić information content (AvgIpc) is 2.67. The van der Waals surface area contributed by atoms with Crippen LogP contribution >= 0.6 is 0 Å². The second kappa shape index (κ2) is 5.31. The first-order valence-electron chi connectivity index (χ1n) is 6.73. The van der Waals surface area contributed by atoms with E-state index in [0.717, 1.165) is 24.4 Å². The van der Waals surface area contributed by atoms with Crippen LogP contribution in [0.1, 0.15) is 45.4 Å². The average molecular weight is 210 g/mol. The van der Waals surface area contributed by atoms with Crippen molar-refractivity contribution in [1.29, 1.82) is 0 Å². The van der Waals surface area contributed by atoms with Gasteiger partial charge in [-0.3, -0.25) is 0 Å². The van der Waals surface area contributed by atoms with Crippen molar-refractivity contribution in [3.63, 3.8) is 0 Å². The van der Waals surface area contributed by atoms with Gasteiger partial charge in [-0.1, -0.05) is 6.92 Å². The van der Waals surface area contributed by atoms with Crippen molar-refractivity contribution in [2.45, 2.75) is 51.5 Å². The van der Waals surface area contributed by atoms with E-state index in [9.17, 15) is 0 Å². The van der Waals surface area contributed by atoms with E-state index >= 15 is 0 Å². The molecule has 1 aliphatic carbocycles. The summed E-state index contributed by atoms with van der Waals surface area (Å²) in [6.45, 7) is 5.95. The first-order valence-corrected chi connectivity index (χ1v) is 6.73. The van der Waals surface area contributed by atoms with Crippen LogP contribution in [0.3, 0.4) is 0 Å². The van der Waals surface area contributed by atoms with E-state index < -0.39 is 0 Å². The molecule has 0 radical (unpaired) electrons. The highest BCUT2D eigenvalue weighted by molar-refractivity contribution is 4.84. The maximum atomic E-state index is 5.62. The van der Waals surface area contributed by atoms with Gasteiger partial charge in [0.1, 0.15) is 0 Å². The normalized spacial score (nSPS) is 34.8. The molecule has 0 aromatic carbocycles. The van der Waals surface area contributed by atoms with Gasteiger partial charge in [0.25, 0.3) is 0 Å². The Balaban J connectivity index is 1.73. The van der Waals surface area contributed by atoms with E-state index in [0.29, 0.717) is 0 Å². The molecule has 0 amide bonds. The molecule has 15 heavy (non-hydrogen) atoms. The summed E-state index contributed by atoms with van der Waals surface area (Å²) < 4.78 is 0. The van der Waals surface area contributed by atoms with E-state index in [1.807, 2.05) is 0 Å². The number of nitrogens with zero attached hydrogens (tertiary/aromatic N) is 1. The van der Waals surface area contributed by atoms with Gasteiger partial charge in [0, 0.05) is 6.04 Å². The highest BCUT2D eigenvalue weighted by Crippen LogP contribution is 2.31. The van der Waals surface area contributed by atoms with Gasteiger partial charge >= 0.3 is 0 Å². The highest BCUT2D eigenvalue weighted by Gasteiger charge is 2.29. The summed E-state index contributed by atoms with van der Waals surface area (Å²) in [5, 5.41) is 0. The van der Waals surface area contributed by atoms with Crippen LogP contribution in [0.15, 0.2) is 0 Å². The third kappa shape index (κ3) is 2.94. The summed E-state index contributed by atoms with van der Waals surface area (Å²) in [4.78, 5) is 2.75. The zero-order valence-electron chi connectivity index (χ0n) is 10.1. The van der Waals surface area contributed by atoms with Gasteiger partial charge in [-0.2, -0.15) is 0 Å². The molecule has 88 valence electrons. The third-order valence-electron chi connectivity index (χ3n) is 4.41. The van der Waals surface area contributed by atoms with Crippen LogP contribution in [-0.4, -0.2) is 30.6 Å². The minimum absolute atomic E-state index is 0.880. The number of rotatable bonds is 3. The monoisotopic (exact) mass is 210 g/mol. The van der Waals surface area contributed by atoms with Crippen LogP contribution in [0.25, 0.3) is 0 Å². The van der Waals surface area contributed by atoms with Gasteiger partial charge < -0.3 is 10.6 Å². The summed E-state index contributed by atoms with van der Waals surface area (Å²) in [6.07, 6.45) is 8.37. The Hall–Kier alpha value is -0.0800. The van der Waals surface area contributed by atoms with Gasteiger partial charge in [0.15, 0.2) is 0 Å². The summed E-state index contributed by atoms with van der Waals surface area (Å²) in [7, 11) is 0. The van der Waals surface area contributed by atoms with Crippen LogP contribution < -0.4 is 5.73 Å². The minimum atomic E-state index is 0.880. The lowest BCUT2D eigenvalue weighted by Gasteiger charge is -2.36. The smallest absolute Gasteiger partial charge is 0.00978 e. The number of hydrogen-bond acceptors (Lipinski definition) is 2. The zero-order chi connectivity index (χ0) is 10.7. The molecule has 0 bridgehead atoms. The first kappa shape index (κ1) is 11.4. The van der Waals surface area contributed by atoms with Crippen LogP contribution in [0.2, 0.25) is 0 Å². The van der Waals surface area contributed by atoms with Gasteiger partial charge in [-0.25, -0.2) is 0 Å². The molecule has 2 fully saturated rings. The molecule has 2 N–H and O–H groups in total. The third-order valence-corrected chi connectivity index (χ3v) is 4.41. The number of piperidine rings is 1. The van der Waals surface area contributed by atoms with Crippen LogP contribution in [0.4, 0.5) is 0 Å². The Morgan fingerprint density at radius 3 is 2.40 bits per heavy atom. The molecule has 1 saturated carbocycles. The molecule has 2 aliphatic rings. The Morgan fingerprint density at radius 2 is 1.87 bits per heavy atom. The Morgan fingerprint density at radius 1 is 1.13 bits per heavy atom. The molecule has 0 aromatic rings. The quantitative estimate of drug-likeness (QED) is 0.774. The van der Waals surface area contributed by atoms with Crippen molar-refractivity contribution in [2.24, 2.45) is 17.6 Å². The summed E-state index contributed by atoms with van der Waals surface area (Å²) in [5.41, 5.74) is 5.62. The number of hydrogen-bond donors (Lipinski definition) is 1.